The number of anilines is 1. The summed E-state index contributed by atoms with van der Waals surface area (Å²) in [5, 5.41) is 2.82. The maximum Gasteiger partial charge on any atom is 0.270 e. The van der Waals surface area contributed by atoms with Crippen LogP contribution >= 0.6 is 15.9 Å². The number of hydrogen-bond acceptors (Lipinski definition) is 5. The molecule has 4 rings (SSSR count). The van der Waals surface area contributed by atoms with Gasteiger partial charge in [0, 0.05) is 29.1 Å². The molecule has 146 valence electrons. The Kier molecular flexibility index (Phi) is 5.62. The lowest BCUT2D eigenvalue weighted by Gasteiger charge is -2.32. The van der Waals surface area contributed by atoms with Crippen LogP contribution < -0.4 is 10.2 Å². The van der Waals surface area contributed by atoms with Crippen molar-refractivity contribution in [1.29, 1.82) is 0 Å². The van der Waals surface area contributed by atoms with Gasteiger partial charge in [0.05, 0.1) is 0 Å². The third kappa shape index (κ3) is 4.32. The van der Waals surface area contributed by atoms with Gasteiger partial charge in [0.2, 0.25) is 5.91 Å². The van der Waals surface area contributed by atoms with Gasteiger partial charge in [-0.15, -0.1) is 0 Å². The highest BCUT2D eigenvalue weighted by molar-refractivity contribution is 9.10. The average molecular weight is 452 g/mol. The highest BCUT2D eigenvalue weighted by Gasteiger charge is 2.31. The summed E-state index contributed by atoms with van der Waals surface area (Å²) in [4.78, 5) is 40.1. The van der Waals surface area contributed by atoms with E-state index in [0.29, 0.717) is 24.5 Å². The van der Waals surface area contributed by atoms with E-state index in [-0.39, 0.29) is 11.6 Å². The van der Waals surface area contributed by atoms with Crippen LogP contribution in [0.25, 0.3) is 11.5 Å². The number of carbonyl (C=O) groups excluding carboxylic acids is 2. The Morgan fingerprint density at radius 3 is 2.66 bits per heavy atom. The summed E-state index contributed by atoms with van der Waals surface area (Å²) < 4.78 is 0.947. The summed E-state index contributed by atoms with van der Waals surface area (Å²) in [6, 6.07) is 13.9. The lowest BCUT2D eigenvalue weighted by molar-refractivity contribution is -0.121. The molecule has 8 heteroatoms. The van der Waals surface area contributed by atoms with Crippen LogP contribution in [-0.4, -0.2) is 39.4 Å². The van der Waals surface area contributed by atoms with Crippen LogP contribution in [0, 0.1) is 0 Å². The highest BCUT2D eigenvalue weighted by Crippen LogP contribution is 2.23. The van der Waals surface area contributed by atoms with Crippen LogP contribution in [0.3, 0.4) is 0 Å². The normalized spacial score (nSPS) is 16.5. The first-order valence-electron chi connectivity index (χ1n) is 9.24. The number of halogens is 1. The molecule has 29 heavy (non-hydrogen) atoms. The van der Waals surface area contributed by atoms with E-state index in [4.69, 9.17) is 0 Å². The smallest absolute Gasteiger partial charge is 0.270 e. The number of benzene rings is 1. The van der Waals surface area contributed by atoms with Gasteiger partial charge in [0.25, 0.3) is 5.91 Å². The second-order valence-electron chi connectivity index (χ2n) is 6.62. The Labute approximate surface area is 176 Å². The number of amides is 2. The molecule has 3 aromatic rings. The topological polar surface area (TPSA) is 88.1 Å². The van der Waals surface area contributed by atoms with Crippen molar-refractivity contribution in [2.45, 2.75) is 18.9 Å². The fraction of sp³-hybridized carbons (Fsp3) is 0.190. The molecular weight excluding hydrogens is 434 g/mol. The molecule has 0 bridgehead atoms. The second-order valence-corrected chi connectivity index (χ2v) is 7.53. The van der Waals surface area contributed by atoms with Gasteiger partial charge in [-0.05, 0) is 55.3 Å². The zero-order valence-corrected chi connectivity index (χ0v) is 17.0. The summed E-state index contributed by atoms with van der Waals surface area (Å²) in [7, 11) is 0. The van der Waals surface area contributed by atoms with Gasteiger partial charge < -0.3 is 10.2 Å². The molecular formula is C21H18BrN5O2. The standard InChI is InChI=1S/C21H18BrN5O2/c22-14-6-8-15(9-7-14)27-13-3-5-18(21(27)29)26-20(28)17-10-12-24-19(25-17)16-4-1-2-11-23-16/h1-2,4,6-12,18H,3,5,13H2,(H,26,28). The highest BCUT2D eigenvalue weighted by atomic mass is 79.9. The van der Waals surface area contributed by atoms with E-state index in [0.717, 1.165) is 16.6 Å². The summed E-state index contributed by atoms with van der Waals surface area (Å²) in [6.07, 6.45) is 4.55. The van der Waals surface area contributed by atoms with Gasteiger partial charge in [-0.25, -0.2) is 9.97 Å². The van der Waals surface area contributed by atoms with Crippen molar-refractivity contribution in [1.82, 2.24) is 20.3 Å². The molecule has 7 nitrogen and oxygen atoms in total. The quantitative estimate of drug-likeness (QED) is 0.657. The van der Waals surface area contributed by atoms with E-state index >= 15 is 0 Å². The van der Waals surface area contributed by atoms with E-state index in [1.807, 2.05) is 30.3 Å². The molecule has 3 heterocycles. The van der Waals surface area contributed by atoms with Gasteiger partial charge in [-0.2, -0.15) is 0 Å². The predicted octanol–water partition coefficient (Wildman–Crippen LogP) is 3.23. The largest absolute Gasteiger partial charge is 0.339 e. The Hall–Kier alpha value is -3.13. The fourth-order valence-corrected chi connectivity index (χ4v) is 3.49. The fourth-order valence-electron chi connectivity index (χ4n) is 3.22. The molecule has 2 amide bonds. The monoisotopic (exact) mass is 451 g/mol. The van der Waals surface area contributed by atoms with Crippen LogP contribution in [0.4, 0.5) is 5.69 Å². The van der Waals surface area contributed by atoms with Crippen molar-refractivity contribution in [3.05, 3.63) is 71.1 Å². The van der Waals surface area contributed by atoms with E-state index in [1.165, 1.54) is 12.3 Å². The number of hydrogen-bond donors (Lipinski definition) is 1. The zero-order valence-electron chi connectivity index (χ0n) is 15.5. The number of rotatable bonds is 4. The molecule has 1 aromatic carbocycles. The molecule has 0 aliphatic carbocycles. The van der Waals surface area contributed by atoms with E-state index in [1.54, 1.807) is 23.2 Å². The van der Waals surface area contributed by atoms with Crippen molar-refractivity contribution in [2.24, 2.45) is 0 Å². The summed E-state index contributed by atoms with van der Waals surface area (Å²) in [6.45, 7) is 0.629. The molecule has 1 saturated heterocycles. The third-order valence-electron chi connectivity index (χ3n) is 4.66. The van der Waals surface area contributed by atoms with Gasteiger partial charge in [-0.3, -0.25) is 14.6 Å². The van der Waals surface area contributed by atoms with Crippen molar-refractivity contribution in [3.63, 3.8) is 0 Å². The van der Waals surface area contributed by atoms with Crippen LogP contribution in [0.2, 0.25) is 0 Å². The van der Waals surface area contributed by atoms with Gasteiger partial charge in [0.15, 0.2) is 5.82 Å². The van der Waals surface area contributed by atoms with E-state index in [9.17, 15) is 9.59 Å². The Balaban J connectivity index is 1.49. The Morgan fingerprint density at radius 1 is 1.07 bits per heavy atom. The lowest BCUT2D eigenvalue weighted by atomic mass is 10.0. The first kappa shape index (κ1) is 19.2. The minimum absolute atomic E-state index is 0.120. The number of carbonyl (C=O) groups is 2. The lowest BCUT2D eigenvalue weighted by Crippen LogP contribution is -2.52. The second kappa shape index (κ2) is 8.48. The molecule has 2 aromatic heterocycles. The van der Waals surface area contributed by atoms with E-state index in [2.05, 4.69) is 36.2 Å². The van der Waals surface area contributed by atoms with Gasteiger partial charge in [0.1, 0.15) is 17.4 Å². The molecule has 1 fully saturated rings. The zero-order chi connectivity index (χ0) is 20.2. The number of pyridine rings is 1. The molecule has 1 atom stereocenters. The minimum atomic E-state index is -0.590. The Bertz CT molecular complexity index is 1030. The number of nitrogens with one attached hydrogen (secondary N) is 1. The van der Waals surface area contributed by atoms with Crippen LogP contribution in [0.5, 0.6) is 0 Å². The third-order valence-corrected chi connectivity index (χ3v) is 5.19. The summed E-state index contributed by atoms with van der Waals surface area (Å²) in [5.41, 5.74) is 1.60. The maximum atomic E-state index is 12.9. The van der Waals surface area contributed by atoms with Crippen molar-refractivity contribution < 1.29 is 9.59 Å². The van der Waals surface area contributed by atoms with Crippen LogP contribution in [0.15, 0.2) is 65.4 Å². The van der Waals surface area contributed by atoms with E-state index < -0.39 is 11.9 Å². The molecule has 0 saturated carbocycles. The molecule has 1 aliphatic rings. The molecule has 0 spiro atoms. The van der Waals surface area contributed by atoms with Crippen molar-refractivity contribution in [3.8, 4) is 11.5 Å². The summed E-state index contributed by atoms with van der Waals surface area (Å²) >= 11 is 3.40. The molecule has 1 unspecified atom stereocenters. The SMILES string of the molecule is O=C(NC1CCCN(c2ccc(Br)cc2)C1=O)c1ccnc(-c2ccccn2)n1. The molecule has 0 radical (unpaired) electrons. The summed E-state index contributed by atoms with van der Waals surface area (Å²) in [5.74, 6) is -0.156. The molecule has 1 N–H and O–H groups in total. The van der Waals surface area contributed by atoms with Crippen LogP contribution in [-0.2, 0) is 4.79 Å². The van der Waals surface area contributed by atoms with Crippen LogP contribution in [0.1, 0.15) is 23.3 Å². The Morgan fingerprint density at radius 2 is 1.90 bits per heavy atom. The average Bonchev–Trinajstić information content (AvgIpc) is 2.77. The van der Waals surface area contributed by atoms with Crippen molar-refractivity contribution in [2.75, 3.05) is 11.4 Å². The maximum absolute atomic E-state index is 12.9. The predicted molar refractivity (Wildman–Crippen MR) is 112 cm³/mol. The van der Waals surface area contributed by atoms with Gasteiger partial charge >= 0.3 is 0 Å². The number of aromatic nitrogens is 3. The number of piperidine rings is 1. The molecule has 1 aliphatic heterocycles. The first-order valence-corrected chi connectivity index (χ1v) is 10.0. The number of nitrogens with zero attached hydrogens (tertiary/aromatic N) is 4. The van der Waals surface area contributed by atoms with Crippen molar-refractivity contribution >= 4 is 33.4 Å². The minimum Gasteiger partial charge on any atom is -0.339 e. The first-order chi connectivity index (χ1) is 14.1. The van der Waals surface area contributed by atoms with Gasteiger partial charge in [-0.1, -0.05) is 22.0 Å².